The molecule has 1 aliphatic rings. The lowest BCUT2D eigenvalue weighted by molar-refractivity contribution is 0.599. The van der Waals surface area contributed by atoms with E-state index in [0.717, 1.165) is 16.3 Å². The number of fused-ring (bicyclic) bond motifs is 1. The highest BCUT2D eigenvalue weighted by atomic mass is 35.5. The summed E-state index contributed by atoms with van der Waals surface area (Å²) in [7, 11) is -3.17. The number of rotatable bonds is 4. The molecule has 0 spiro atoms. The molecule has 3 aromatic rings. The summed E-state index contributed by atoms with van der Waals surface area (Å²) in [6.45, 7) is 1.07. The largest absolute Gasteiger partial charge is 0.366 e. The first-order valence-electron chi connectivity index (χ1n) is 8.41. The topological polar surface area (TPSA) is 62.3 Å². The van der Waals surface area contributed by atoms with Crippen molar-refractivity contribution in [2.45, 2.75) is 13.0 Å². The molecule has 0 unspecified atom stereocenters. The molecule has 1 fully saturated rings. The Morgan fingerprint density at radius 3 is 2.77 bits per heavy atom. The number of hydrogen-bond donors (Lipinski definition) is 1. The molecule has 4 rings (SSSR count). The third-order valence-electron chi connectivity index (χ3n) is 4.47. The van der Waals surface area contributed by atoms with Crippen LogP contribution in [-0.4, -0.2) is 25.7 Å². The zero-order valence-corrected chi connectivity index (χ0v) is 15.6. The number of sulfonamides is 1. The second-order valence-electron chi connectivity index (χ2n) is 6.28. The van der Waals surface area contributed by atoms with Crippen molar-refractivity contribution >= 4 is 43.9 Å². The standard InChI is InChI=1S/C19H18ClN3O2S/c20-19-17-8-2-1-6-15(17)12-18(22-19)21-13-14-5-3-7-16(11-14)23-9-4-10-26(23,24)25/h1-3,5-8,11-12H,4,9-10,13H2,(H,21,22). The van der Waals surface area contributed by atoms with Crippen LogP contribution in [0.15, 0.2) is 54.6 Å². The maximum absolute atomic E-state index is 12.1. The minimum Gasteiger partial charge on any atom is -0.366 e. The van der Waals surface area contributed by atoms with Crippen LogP contribution < -0.4 is 9.62 Å². The van der Waals surface area contributed by atoms with Crippen molar-refractivity contribution in [2.75, 3.05) is 21.9 Å². The van der Waals surface area contributed by atoms with Crippen molar-refractivity contribution in [3.8, 4) is 0 Å². The molecular formula is C19H18ClN3O2S. The molecule has 0 atom stereocenters. The van der Waals surface area contributed by atoms with Crippen molar-refractivity contribution in [1.82, 2.24) is 4.98 Å². The Labute approximate surface area is 157 Å². The van der Waals surface area contributed by atoms with Crippen molar-refractivity contribution in [3.63, 3.8) is 0 Å². The van der Waals surface area contributed by atoms with Gasteiger partial charge in [-0.2, -0.15) is 0 Å². The molecule has 0 radical (unpaired) electrons. The van der Waals surface area contributed by atoms with Gasteiger partial charge in [0, 0.05) is 18.5 Å². The molecule has 2 aromatic carbocycles. The van der Waals surface area contributed by atoms with Gasteiger partial charge in [-0.25, -0.2) is 13.4 Å². The Bertz CT molecular complexity index is 1070. The average Bonchev–Trinajstić information content (AvgIpc) is 2.99. The fourth-order valence-corrected chi connectivity index (χ4v) is 5.01. The first kappa shape index (κ1) is 17.1. The maximum Gasteiger partial charge on any atom is 0.235 e. The molecule has 0 saturated carbocycles. The van der Waals surface area contributed by atoms with Crippen LogP contribution in [0.5, 0.6) is 0 Å². The quantitative estimate of drug-likeness (QED) is 0.686. The number of hydrogen-bond acceptors (Lipinski definition) is 4. The number of nitrogens with one attached hydrogen (secondary N) is 1. The summed E-state index contributed by atoms with van der Waals surface area (Å²) in [6, 6.07) is 17.3. The van der Waals surface area contributed by atoms with Crippen LogP contribution in [0.2, 0.25) is 5.15 Å². The van der Waals surface area contributed by atoms with Crippen LogP contribution in [0.3, 0.4) is 0 Å². The number of pyridine rings is 1. The van der Waals surface area contributed by atoms with E-state index in [2.05, 4.69) is 10.3 Å². The van der Waals surface area contributed by atoms with E-state index < -0.39 is 10.0 Å². The second-order valence-corrected chi connectivity index (χ2v) is 8.66. The van der Waals surface area contributed by atoms with Gasteiger partial charge < -0.3 is 5.32 Å². The molecule has 1 aliphatic heterocycles. The van der Waals surface area contributed by atoms with Crippen LogP contribution in [0.25, 0.3) is 10.8 Å². The lowest BCUT2D eigenvalue weighted by Gasteiger charge is -2.18. The van der Waals surface area contributed by atoms with Crippen LogP contribution in [0.1, 0.15) is 12.0 Å². The SMILES string of the molecule is O=S1(=O)CCCN1c1cccc(CNc2cc3ccccc3c(Cl)n2)c1. The number of aromatic nitrogens is 1. The highest BCUT2D eigenvalue weighted by Gasteiger charge is 2.28. The Hall–Kier alpha value is -2.31. The zero-order valence-electron chi connectivity index (χ0n) is 14.0. The summed E-state index contributed by atoms with van der Waals surface area (Å²) in [5.74, 6) is 0.905. The highest BCUT2D eigenvalue weighted by molar-refractivity contribution is 7.93. The maximum atomic E-state index is 12.1. The van der Waals surface area contributed by atoms with Gasteiger partial charge in [-0.15, -0.1) is 0 Å². The summed E-state index contributed by atoms with van der Waals surface area (Å²) in [5.41, 5.74) is 1.70. The van der Waals surface area contributed by atoms with E-state index in [1.165, 1.54) is 4.31 Å². The minimum atomic E-state index is -3.17. The summed E-state index contributed by atoms with van der Waals surface area (Å²) >= 11 is 6.26. The molecule has 1 saturated heterocycles. The van der Waals surface area contributed by atoms with Crippen LogP contribution in [0, 0.1) is 0 Å². The van der Waals surface area contributed by atoms with Gasteiger partial charge in [0.2, 0.25) is 10.0 Å². The monoisotopic (exact) mass is 387 g/mol. The van der Waals surface area contributed by atoms with Crippen LogP contribution >= 0.6 is 11.6 Å². The lowest BCUT2D eigenvalue weighted by Crippen LogP contribution is -2.25. The van der Waals surface area contributed by atoms with E-state index in [1.54, 1.807) is 0 Å². The second kappa shape index (κ2) is 6.78. The van der Waals surface area contributed by atoms with E-state index in [0.29, 0.717) is 36.2 Å². The third kappa shape index (κ3) is 3.34. The van der Waals surface area contributed by atoms with Crippen LogP contribution in [0.4, 0.5) is 11.5 Å². The third-order valence-corrected chi connectivity index (χ3v) is 6.62. The number of anilines is 2. The molecule has 0 aliphatic carbocycles. The van der Waals surface area contributed by atoms with Gasteiger partial charge >= 0.3 is 0 Å². The Morgan fingerprint density at radius 1 is 1.12 bits per heavy atom. The highest BCUT2D eigenvalue weighted by Crippen LogP contribution is 2.26. The van der Waals surface area contributed by atoms with Gasteiger partial charge in [-0.3, -0.25) is 4.31 Å². The van der Waals surface area contributed by atoms with Gasteiger partial charge in [0.15, 0.2) is 0 Å². The lowest BCUT2D eigenvalue weighted by atomic mass is 10.1. The summed E-state index contributed by atoms with van der Waals surface area (Å²) in [6.07, 6.45) is 0.671. The Morgan fingerprint density at radius 2 is 1.96 bits per heavy atom. The molecule has 26 heavy (non-hydrogen) atoms. The molecule has 2 heterocycles. The molecule has 5 nitrogen and oxygen atoms in total. The van der Waals surface area contributed by atoms with Gasteiger partial charge in [0.1, 0.15) is 11.0 Å². The zero-order chi connectivity index (χ0) is 18.1. The molecule has 7 heteroatoms. The average molecular weight is 388 g/mol. The summed E-state index contributed by atoms with van der Waals surface area (Å²) in [4.78, 5) is 4.39. The number of halogens is 1. The first-order chi connectivity index (χ1) is 12.5. The predicted molar refractivity (Wildman–Crippen MR) is 106 cm³/mol. The van der Waals surface area contributed by atoms with Gasteiger partial charge in [0.25, 0.3) is 0 Å². The van der Waals surface area contributed by atoms with Crippen molar-refractivity contribution < 1.29 is 8.42 Å². The molecule has 0 amide bonds. The van der Waals surface area contributed by atoms with E-state index in [-0.39, 0.29) is 5.75 Å². The minimum absolute atomic E-state index is 0.217. The smallest absolute Gasteiger partial charge is 0.235 e. The fraction of sp³-hybridized carbons (Fsp3) is 0.211. The molecule has 1 N–H and O–H groups in total. The normalized spacial score (nSPS) is 16.1. The van der Waals surface area contributed by atoms with Gasteiger partial charge in [-0.05, 0) is 35.6 Å². The van der Waals surface area contributed by atoms with E-state index in [1.807, 2.05) is 54.6 Å². The molecule has 134 valence electrons. The van der Waals surface area contributed by atoms with E-state index in [4.69, 9.17) is 11.6 Å². The van der Waals surface area contributed by atoms with Gasteiger partial charge in [-0.1, -0.05) is 48.0 Å². The first-order valence-corrected chi connectivity index (χ1v) is 10.4. The molecule has 0 bridgehead atoms. The van der Waals surface area contributed by atoms with Gasteiger partial charge in [0.05, 0.1) is 11.4 Å². The van der Waals surface area contributed by atoms with E-state index >= 15 is 0 Å². The summed E-state index contributed by atoms with van der Waals surface area (Å²) < 4.78 is 25.7. The van der Waals surface area contributed by atoms with E-state index in [9.17, 15) is 8.42 Å². The number of nitrogens with zero attached hydrogens (tertiary/aromatic N) is 2. The Kier molecular flexibility index (Phi) is 4.46. The number of benzene rings is 2. The van der Waals surface area contributed by atoms with Crippen LogP contribution in [-0.2, 0) is 16.6 Å². The fourth-order valence-electron chi connectivity index (χ4n) is 3.19. The predicted octanol–water partition coefficient (Wildman–Crippen LogP) is 4.04. The summed E-state index contributed by atoms with van der Waals surface area (Å²) in [5, 5.41) is 5.67. The van der Waals surface area contributed by atoms with Crippen molar-refractivity contribution in [1.29, 1.82) is 0 Å². The molecule has 1 aromatic heterocycles. The van der Waals surface area contributed by atoms with Crippen molar-refractivity contribution in [2.24, 2.45) is 0 Å². The molecular weight excluding hydrogens is 370 g/mol. The Balaban J connectivity index is 1.54. The van der Waals surface area contributed by atoms with Crippen molar-refractivity contribution in [3.05, 3.63) is 65.3 Å².